The van der Waals surface area contributed by atoms with Crippen LogP contribution in [0.4, 0.5) is 4.39 Å². The predicted molar refractivity (Wildman–Crippen MR) is 43.3 cm³/mol. The molecule has 0 aliphatic heterocycles. The van der Waals surface area contributed by atoms with Crippen molar-refractivity contribution in [2.75, 3.05) is 0 Å². The minimum absolute atomic E-state index is 0.139. The molecule has 2 nitrogen and oxygen atoms in total. The maximum atomic E-state index is 12.4. The van der Waals surface area contributed by atoms with Crippen LogP contribution in [0.25, 0.3) is 0 Å². The lowest BCUT2D eigenvalue weighted by Gasteiger charge is -1.96. The summed E-state index contributed by atoms with van der Waals surface area (Å²) < 4.78 is 12.4. The Bertz CT molecular complexity index is 239. The highest BCUT2D eigenvalue weighted by Gasteiger charge is 2.60. The summed E-state index contributed by atoms with van der Waals surface area (Å²) in [4.78, 5) is 10.6. The minimum atomic E-state index is -0.831. The number of carboxylic acid groups (broad SMARTS) is 1. The second kappa shape index (κ2) is 2.57. The molecule has 1 N–H and O–H groups in total. The van der Waals surface area contributed by atoms with Crippen molar-refractivity contribution in [2.45, 2.75) is 20.8 Å². The van der Waals surface area contributed by atoms with Crippen molar-refractivity contribution in [3.8, 4) is 0 Å². The van der Waals surface area contributed by atoms with Gasteiger partial charge in [-0.3, -0.25) is 4.79 Å². The van der Waals surface area contributed by atoms with Crippen LogP contribution in [0.3, 0.4) is 0 Å². The van der Waals surface area contributed by atoms with Gasteiger partial charge in [0.25, 0.3) is 0 Å². The predicted octanol–water partition coefficient (Wildman–Crippen LogP) is 2.22. The molecule has 3 heteroatoms. The molecule has 68 valence electrons. The monoisotopic (exact) mass is 172 g/mol. The van der Waals surface area contributed by atoms with Gasteiger partial charge in [-0.05, 0) is 24.3 Å². The third kappa shape index (κ3) is 1.36. The molecular formula is C9H13FO2. The second-order valence-electron chi connectivity index (χ2n) is 3.92. The molecule has 12 heavy (non-hydrogen) atoms. The Morgan fingerprint density at radius 1 is 1.58 bits per heavy atom. The van der Waals surface area contributed by atoms with Gasteiger partial charge < -0.3 is 5.11 Å². The van der Waals surface area contributed by atoms with Crippen LogP contribution >= 0.6 is 0 Å². The molecule has 0 saturated heterocycles. The lowest BCUT2D eigenvalue weighted by molar-refractivity contribution is -0.139. The summed E-state index contributed by atoms with van der Waals surface area (Å²) in [6.07, 6.45) is 1.40. The van der Waals surface area contributed by atoms with E-state index in [1.165, 1.54) is 13.0 Å². The summed E-state index contributed by atoms with van der Waals surface area (Å²) >= 11 is 0. The van der Waals surface area contributed by atoms with Gasteiger partial charge in [-0.1, -0.05) is 13.8 Å². The Morgan fingerprint density at radius 3 is 2.33 bits per heavy atom. The van der Waals surface area contributed by atoms with Crippen LogP contribution in [0.1, 0.15) is 20.8 Å². The van der Waals surface area contributed by atoms with Gasteiger partial charge in [0.15, 0.2) is 0 Å². The number of carboxylic acids is 1. The van der Waals surface area contributed by atoms with Gasteiger partial charge in [0.2, 0.25) is 0 Å². The first-order valence-corrected chi connectivity index (χ1v) is 3.94. The quantitative estimate of drug-likeness (QED) is 0.693. The number of rotatable bonds is 2. The molecule has 0 radical (unpaired) electrons. The standard InChI is InChI=1S/C9H13FO2/c1-5(10)4-6-7(8(11)12)9(6,2)3/h4,6-7H,1-3H3,(H,11,12)/b5-4-/t6-,7-/m0/s1. The van der Waals surface area contributed by atoms with Gasteiger partial charge in [-0.15, -0.1) is 0 Å². The van der Waals surface area contributed by atoms with Gasteiger partial charge in [-0.2, -0.15) is 0 Å². The first kappa shape index (κ1) is 9.23. The van der Waals surface area contributed by atoms with Gasteiger partial charge in [0.05, 0.1) is 11.7 Å². The van der Waals surface area contributed by atoms with Gasteiger partial charge in [-0.25, -0.2) is 4.39 Å². The van der Waals surface area contributed by atoms with E-state index in [1.54, 1.807) is 0 Å². The Kier molecular flexibility index (Phi) is 1.98. The lowest BCUT2D eigenvalue weighted by Crippen LogP contribution is -2.02. The molecule has 0 unspecified atom stereocenters. The molecule has 0 aromatic rings. The molecule has 0 amide bonds. The average Bonchev–Trinajstić information content (AvgIpc) is 2.32. The van der Waals surface area contributed by atoms with E-state index in [9.17, 15) is 9.18 Å². The largest absolute Gasteiger partial charge is 0.481 e. The summed E-state index contributed by atoms with van der Waals surface area (Å²) in [7, 11) is 0. The number of halogens is 1. The number of carbonyl (C=O) groups is 1. The summed E-state index contributed by atoms with van der Waals surface area (Å²) in [5.41, 5.74) is -0.279. The van der Waals surface area contributed by atoms with E-state index >= 15 is 0 Å². The smallest absolute Gasteiger partial charge is 0.307 e. The molecule has 1 aliphatic rings. The molecular weight excluding hydrogens is 159 g/mol. The fourth-order valence-corrected chi connectivity index (χ4v) is 1.71. The fourth-order valence-electron chi connectivity index (χ4n) is 1.71. The number of hydrogen-bond acceptors (Lipinski definition) is 1. The number of allylic oxidation sites excluding steroid dienone is 2. The molecule has 0 aromatic heterocycles. The summed E-state index contributed by atoms with van der Waals surface area (Å²) in [6, 6.07) is 0. The SMILES string of the molecule is C/C(F)=C/[C@H]1[C@@H](C(=O)O)C1(C)C. The van der Waals surface area contributed by atoms with Crippen molar-refractivity contribution in [1.82, 2.24) is 0 Å². The normalized spacial score (nSPS) is 33.2. The lowest BCUT2D eigenvalue weighted by atomic mass is 10.1. The third-order valence-electron chi connectivity index (χ3n) is 2.59. The van der Waals surface area contributed by atoms with E-state index in [0.29, 0.717) is 0 Å². The van der Waals surface area contributed by atoms with Crippen molar-refractivity contribution in [3.05, 3.63) is 11.9 Å². The van der Waals surface area contributed by atoms with Gasteiger partial charge in [0.1, 0.15) is 0 Å². The molecule has 0 heterocycles. The maximum Gasteiger partial charge on any atom is 0.307 e. The zero-order chi connectivity index (χ0) is 9.52. The zero-order valence-electron chi connectivity index (χ0n) is 7.47. The molecule has 1 fully saturated rings. The van der Waals surface area contributed by atoms with Crippen LogP contribution < -0.4 is 0 Å². The third-order valence-corrected chi connectivity index (χ3v) is 2.59. The van der Waals surface area contributed by atoms with Crippen molar-refractivity contribution in [2.24, 2.45) is 17.3 Å². The molecule has 2 atom stereocenters. The van der Waals surface area contributed by atoms with E-state index in [2.05, 4.69) is 0 Å². The Labute approximate surface area is 71.1 Å². The highest BCUT2D eigenvalue weighted by atomic mass is 19.1. The Balaban J connectivity index is 2.73. The van der Waals surface area contributed by atoms with E-state index in [4.69, 9.17) is 5.11 Å². The number of aliphatic carboxylic acids is 1. The Hall–Kier alpha value is -0.860. The first-order chi connectivity index (χ1) is 5.37. The van der Waals surface area contributed by atoms with Crippen molar-refractivity contribution in [3.63, 3.8) is 0 Å². The van der Waals surface area contributed by atoms with Crippen molar-refractivity contribution >= 4 is 5.97 Å². The zero-order valence-corrected chi connectivity index (χ0v) is 7.47. The summed E-state index contributed by atoms with van der Waals surface area (Å²) in [5.74, 6) is -1.68. The van der Waals surface area contributed by atoms with E-state index in [-0.39, 0.29) is 17.2 Å². The minimum Gasteiger partial charge on any atom is -0.481 e. The molecule has 1 rings (SSSR count). The number of hydrogen-bond donors (Lipinski definition) is 1. The molecule has 1 saturated carbocycles. The average molecular weight is 172 g/mol. The van der Waals surface area contributed by atoms with Gasteiger partial charge in [0, 0.05) is 0 Å². The molecule has 1 aliphatic carbocycles. The van der Waals surface area contributed by atoms with Gasteiger partial charge >= 0.3 is 5.97 Å². The first-order valence-electron chi connectivity index (χ1n) is 3.94. The molecule has 0 bridgehead atoms. The topological polar surface area (TPSA) is 37.3 Å². The highest BCUT2D eigenvalue weighted by Crippen LogP contribution is 2.59. The summed E-state index contributed by atoms with van der Waals surface area (Å²) in [5, 5.41) is 8.72. The maximum absolute atomic E-state index is 12.4. The van der Waals surface area contributed by atoms with E-state index < -0.39 is 11.9 Å². The second-order valence-corrected chi connectivity index (χ2v) is 3.92. The van der Waals surface area contributed by atoms with Crippen LogP contribution in [0.15, 0.2) is 11.9 Å². The van der Waals surface area contributed by atoms with E-state index in [1.807, 2.05) is 13.8 Å². The summed E-state index contributed by atoms with van der Waals surface area (Å²) in [6.45, 7) is 5.03. The highest BCUT2D eigenvalue weighted by molar-refractivity contribution is 5.76. The van der Waals surface area contributed by atoms with Crippen LogP contribution in [0, 0.1) is 17.3 Å². The van der Waals surface area contributed by atoms with E-state index in [0.717, 1.165) is 0 Å². The Morgan fingerprint density at radius 2 is 2.08 bits per heavy atom. The fraction of sp³-hybridized carbons (Fsp3) is 0.667. The molecule has 0 spiro atoms. The van der Waals surface area contributed by atoms with Crippen LogP contribution in [0.5, 0.6) is 0 Å². The van der Waals surface area contributed by atoms with Crippen molar-refractivity contribution in [1.29, 1.82) is 0 Å². The van der Waals surface area contributed by atoms with Crippen LogP contribution in [-0.2, 0) is 4.79 Å². The molecule has 0 aromatic carbocycles. The van der Waals surface area contributed by atoms with Crippen LogP contribution in [0.2, 0.25) is 0 Å². The van der Waals surface area contributed by atoms with Crippen LogP contribution in [-0.4, -0.2) is 11.1 Å². The van der Waals surface area contributed by atoms with Crippen molar-refractivity contribution < 1.29 is 14.3 Å².